The Kier molecular flexibility index (Phi) is 5.56. The van der Waals surface area contributed by atoms with Crippen LogP contribution in [-0.4, -0.2) is 12.6 Å². The summed E-state index contributed by atoms with van der Waals surface area (Å²) in [6, 6.07) is 7.38. The highest BCUT2D eigenvalue weighted by molar-refractivity contribution is 9.10. The zero-order valence-corrected chi connectivity index (χ0v) is 14.1. The van der Waals surface area contributed by atoms with Gasteiger partial charge >= 0.3 is 0 Å². The van der Waals surface area contributed by atoms with Crippen LogP contribution in [0, 0.1) is 0 Å². The highest BCUT2D eigenvalue weighted by atomic mass is 79.9. The number of rotatable bonds is 4. The zero-order chi connectivity index (χ0) is 13.0. The van der Waals surface area contributed by atoms with Gasteiger partial charge in [-0.1, -0.05) is 51.3 Å². The molecular weight excluding hydrogens is 354 g/mol. The number of benzene rings is 1. The van der Waals surface area contributed by atoms with Gasteiger partial charge in [0.2, 0.25) is 0 Å². The highest BCUT2D eigenvalue weighted by Gasteiger charge is 2.23. The molecule has 0 amide bonds. The van der Waals surface area contributed by atoms with Gasteiger partial charge in [0.15, 0.2) is 0 Å². The lowest BCUT2D eigenvalue weighted by Gasteiger charge is -2.38. The van der Waals surface area contributed by atoms with Crippen LogP contribution in [0.2, 0.25) is 0 Å². The molecule has 100 valence electrons. The monoisotopic (exact) mass is 373 g/mol. The summed E-state index contributed by atoms with van der Waals surface area (Å²) in [5, 5.41) is 0.935. The molecule has 1 aliphatic heterocycles. The predicted molar refractivity (Wildman–Crippen MR) is 86.7 cm³/mol. The molecule has 0 radical (unpaired) electrons. The molecule has 0 aromatic heterocycles. The standard InChI is InChI=1S/C15H21Br2N/c1-2-5-14-6-3-4-9-18(14)15-10-13(17)8-7-12(15)11-16/h7-8,10,14H,2-6,9,11H2,1H3. The summed E-state index contributed by atoms with van der Waals surface area (Å²) in [5.74, 6) is 0. The number of halogens is 2. The van der Waals surface area contributed by atoms with Gasteiger partial charge in [-0.25, -0.2) is 0 Å². The van der Waals surface area contributed by atoms with Crippen molar-refractivity contribution in [1.82, 2.24) is 0 Å². The lowest BCUT2D eigenvalue weighted by atomic mass is 9.96. The molecule has 1 saturated heterocycles. The van der Waals surface area contributed by atoms with E-state index in [9.17, 15) is 0 Å². The largest absolute Gasteiger partial charge is 0.368 e. The molecule has 0 bridgehead atoms. The van der Waals surface area contributed by atoms with Crippen molar-refractivity contribution in [3.05, 3.63) is 28.2 Å². The van der Waals surface area contributed by atoms with Gasteiger partial charge in [0.25, 0.3) is 0 Å². The van der Waals surface area contributed by atoms with Gasteiger partial charge in [-0.3, -0.25) is 0 Å². The topological polar surface area (TPSA) is 3.24 Å². The first-order valence-electron chi connectivity index (χ1n) is 6.87. The molecule has 2 rings (SSSR count). The Morgan fingerprint density at radius 1 is 1.33 bits per heavy atom. The molecule has 0 aliphatic carbocycles. The molecule has 1 unspecified atom stereocenters. The van der Waals surface area contributed by atoms with Crippen LogP contribution in [0.25, 0.3) is 0 Å². The fourth-order valence-electron chi connectivity index (χ4n) is 2.87. The second kappa shape index (κ2) is 6.95. The minimum absolute atomic E-state index is 0.732. The number of nitrogens with zero attached hydrogens (tertiary/aromatic N) is 1. The van der Waals surface area contributed by atoms with E-state index in [0.29, 0.717) is 0 Å². The Morgan fingerprint density at radius 3 is 2.89 bits per heavy atom. The summed E-state index contributed by atoms with van der Waals surface area (Å²) in [5.41, 5.74) is 2.82. The van der Waals surface area contributed by atoms with E-state index in [-0.39, 0.29) is 0 Å². The van der Waals surface area contributed by atoms with Crippen molar-refractivity contribution >= 4 is 37.5 Å². The molecule has 1 aromatic rings. The molecular formula is C15H21Br2N. The number of hydrogen-bond acceptors (Lipinski definition) is 1. The van der Waals surface area contributed by atoms with E-state index in [2.05, 4.69) is 61.9 Å². The lowest BCUT2D eigenvalue weighted by molar-refractivity contribution is 0.434. The van der Waals surface area contributed by atoms with Crippen LogP contribution in [0.5, 0.6) is 0 Å². The predicted octanol–water partition coefficient (Wildman–Crippen LogP) is 5.50. The third-order valence-corrected chi connectivity index (χ3v) is 4.85. The Morgan fingerprint density at radius 2 is 2.17 bits per heavy atom. The summed E-state index contributed by atoms with van der Waals surface area (Å²) in [6.07, 6.45) is 6.66. The van der Waals surface area contributed by atoms with Crippen molar-refractivity contribution in [2.24, 2.45) is 0 Å². The van der Waals surface area contributed by atoms with Gasteiger partial charge in [-0.05, 0) is 43.4 Å². The van der Waals surface area contributed by atoms with E-state index in [4.69, 9.17) is 0 Å². The average molecular weight is 375 g/mol. The Hall–Kier alpha value is -0.0200. The third kappa shape index (κ3) is 3.30. The van der Waals surface area contributed by atoms with Gasteiger partial charge in [0.1, 0.15) is 0 Å². The van der Waals surface area contributed by atoms with Gasteiger partial charge < -0.3 is 4.90 Å². The maximum atomic E-state index is 3.62. The zero-order valence-electron chi connectivity index (χ0n) is 11.0. The van der Waals surface area contributed by atoms with Crippen LogP contribution in [0.4, 0.5) is 5.69 Å². The number of hydrogen-bond donors (Lipinski definition) is 0. The summed E-state index contributed by atoms with van der Waals surface area (Å²) in [4.78, 5) is 2.63. The molecule has 0 N–H and O–H groups in total. The third-order valence-electron chi connectivity index (χ3n) is 3.75. The lowest BCUT2D eigenvalue weighted by Crippen LogP contribution is -2.40. The first-order chi connectivity index (χ1) is 8.76. The summed E-state index contributed by atoms with van der Waals surface area (Å²) >= 11 is 7.23. The van der Waals surface area contributed by atoms with Gasteiger partial charge in [0, 0.05) is 28.1 Å². The van der Waals surface area contributed by atoms with Crippen molar-refractivity contribution in [2.45, 2.75) is 50.4 Å². The molecule has 1 aromatic carbocycles. The fraction of sp³-hybridized carbons (Fsp3) is 0.600. The molecule has 1 fully saturated rings. The highest BCUT2D eigenvalue weighted by Crippen LogP contribution is 2.33. The second-order valence-electron chi connectivity index (χ2n) is 5.04. The van der Waals surface area contributed by atoms with E-state index >= 15 is 0 Å². The number of alkyl halides is 1. The van der Waals surface area contributed by atoms with E-state index in [1.807, 2.05) is 0 Å². The second-order valence-corrected chi connectivity index (χ2v) is 6.51. The van der Waals surface area contributed by atoms with Crippen LogP contribution in [-0.2, 0) is 5.33 Å². The molecule has 3 heteroatoms. The van der Waals surface area contributed by atoms with E-state index in [1.54, 1.807) is 0 Å². The molecule has 1 aliphatic rings. The van der Waals surface area contributed by atoms with Crippen molar-refractivity contribution in [3.63, 3.8) is 0 Å². The summed E-state index contributed by atoms with van der Waals surface area (Å²) < 4.78 is 1.18. The smallest absolute Gasteiger partial charge is 0.0421 e. The first kappa shape index (κ1) is 14.4. The van der Waals surface area contributed by atoms with Gasteiger partial charge in [0.05, 0.1) is 0 Å². The minimum Gasteiger partial charge on any atom is -0.368 e. The maximum absolute atomic E-state index is 3.62. The number of piperidine rings is 1. The van der Waals surface area contributed by atoms with Crippen molar-refractivity contribution in [2.75, 3.05) is 11.4 Å². The first-order valence-corrected chi connectivity index (χ1v) is 8.78. The van der Waals surface area contributed by atoms with Crippen molar-refractivity contribution < 1.29 is 0 Å². The molecule has 1 nitrogen and oxygen atoms in total. The SMILES string of the molecule is CCCC1CCCCN1c1cc(Br)ccc1CBr. The quantitative estimate of drug-likeness (QED) is 0.628. The average Bonchev–Trinajstić information content (AvgIpc) is 2.40. The molecule has 18 heavy (non-hydrogen) atoms. The van der Waals surface area contributed by atoms with Crippen LogP contribution >= 0.6 is 31.9 Å². The van der Waals surface area contributed by atoms with E-state index in [1.165, 1.54) is 54.4 Å². The van der Waals surface area contributed by atoms with Gasteiger partial charge in [-0.15, -0.1) is 0 Å². The Bertz CT molecular complexity index is 390. The van der Waals surface area contributed by atoms with Crippen LogP contribution < -0.4 is 4.90 Å². The van der Waals surface area contributed by atoms with Crippen molar-refractivity contribution in [1.29, 1.82) is 0 Å². The summed E-state index contributed by atoms with van der Waals surface area (Å²) in [7, 11) is 0. The van der Waals surface area contributed by atoms with Crippen LogP contribution in [0.15, 0.2) is 22.7 Å². The Labute approximate surface area is 127 Å². The Balaban J connectivity index is 2.29. The maximum Gasteiger partial charge on any atom is 0.0421 e. The fourth-order valence-corrected chi connectivity index (χ4v) is 3.69. The van der Waals surface area contributed by atoms with E-state index in [0.717, 1.165) is 11.4 Å². The van der Waals surface area contributed by atoms with Crippen molar-refractivity contribution in [3.8, 4) is 0 Å². The normalized spacial score (nSPS) is 20.2. The van der Waals surface area contributed by atoms with Crippen LogP contribution in [0.1, 0.15) is 44.6 Å². The summed E-state index contributed by atoms with van der Waals surface area (Å²) in [6.45, 7) is 3.50. The van der Waals surface area contributed by atoms with E-state index < -0.39 is 0 Å². The number of anilines is 1. The molecule has 1 atom stereocenters. The van der Waals surface area contributed by atoms with Gasteiger partial charge in [-0.2, -0.15) is 0 Å². The molecule has 0 spiro atoms. The molecule has 1 heterocycles. The molecule has 0 saturated carbocycles. The van der Waals surface area contributed by atoms with Crippen LogP contribution in [0.3, 0.4) is 0 Å². The minimum atomic E-state index is 0.732.